The molecule has 10 heteroatoms. The lowest BCUT2D eigenvalue weighted by Gasteiger charge is -2.27. The molecule has 1 N–H and O–H groups in total. The molecule has 1 aliphatic rings. The van der Waals surface area contributed by atoms with Crippen LogP contribution in [-0.2, 0) is 43.7 Å². The summed E-state index contributed by atoms with van der Waals surface area (Å²) in [6, 6.07) is 9.55. The Labute approximate surface area is 198 Å². The zero-order chi connectivity index (χ0) is 24.0. The summed E-state index contributed by atoms with van der Waals surface area (Å²) in [7, 11) is -1.24. The lowest BCUT2D eigenvalue weighted by atomic mass is 10.0. The first-order chi connectivity index (χ1) is 15.8. The fraction of sp³-hybridized carbons (Fsp3) is 0.478. The van der Waals surface area contributed by atoms with Gasteiger partial charge in [-0.2, -0.15) is 0 Å². The summed E-state index contributed by atoms with van der Waals surface area (Å²) in [5.41, 5.74) is 1.92. The molecule has 3 rings (SSSR count). The zero-order valence-electron chi connectivity index (χ0n) is 19.1. The largest absolute Gasteiger partial charge is 0.465 e. The first-order valence-electron chi connectivity index (χ1n) is 10.8. The Morgan fingerprint density at radius 3 is 2.61 bits per heavy atom. The van der Waals surface area contributed by atoms with E-state index in [-0.39, 0.29) is 28.8 Å². The van der Waals surface area contributed by atoms with Crippen molar-refractivity contribution in [3.63, 3.8) is 0 Å². The van der Waals surface area contributed by atoms with Gasteiger partial charge >= 0.3 is 5.97 Å². The Hall–Kier alpha value is -2.27. The number of hydrogen-bond donors (Lipinski definition) is 1. The summed E-state index contributed by atoms with van der Waals surface area (Å²) in [5.74, 6) is -0.657. The molecule has 0 fully saturated rings. The molecule has 1 amide bonds. The number of methoxy groups -OCH3 is 2. The highest BCUT2D eigenvalue weighted by Crippen LogP contribution is 2.37. The lowest BCUT2D eigenvalue weighted by molar-refractivity contribution is -0.132. The van der Waals surface area contributed by atoms with Crippen molar-refractivity contribution in [1.29, 1.82) is 0 Å². The summed E-state index contributed by atoms with van der Waals surface area (Å²) in [6.45, 7) is 2.60. The van der Waals surface area contributed by atoms with E-state index in [9.17, 15) is 18.0 Å². The van der Waals surface area contributed by atoms with E-state index in [4.69, 9.17) is 9.47 Å². The predicted molar refractivity (Wildman–Crippen MR) is 126 cm³/mol. The second kappa shape index (κ2) is 11.2. The number of rotatable bonds is 10. The van der Waals surface area contributed by atoms with Crippen LogP contribution < -0.4 is 4.72 Å². The second-order valence-corrected chi connectivity index (χ2v) is 11.1. The number of benzene rings is 1. The summed E-state index contributed by atoms with van der Waals surface area (Å²) in [5, 5.41) is 0. The minimum Gasteiger partial charge on any atom is -0.465 e. The van der Waals surface area contributed by atoms with Crippen LogP contribution in [-0.4, -0.2) is 58.6 Å². The van der Waals surface area contributed by atoms with Gasteiger partial charge in [0.1, 0.15) is 4.21 Å². The van der Waals surface area contributed by atoms with Gasteiger partial charge in [-0.15, -0.1) is 11.3 Å². The van der Waals surface area contributed by atoms with Gasteiger partial charge in [0.05, 0.1) is 25.8 Å². The number of fused-ring (bicyclic) bond motifs is 1. The molecule has 0 unspecified atom stereocenters. The Bertz CT molecular complexity index is 1080. The minimum absolute atomic E-state index is 0.0286. The fourth-order valence-electron chi connectivity index (χ4n) is 3.94. The van der Waals surface area contributed by atoms with Gasteiger partial charge in [-0.25, -0.2) is 17.9 Å². The van der Waals surface area contributed by atoms with Gasteiger partial charge in [0.15, 0.2) is 0 Å². The number of carbonyl (C=O) groups is 2. The molecule has 0 radical (unpaired) electrons. The van der Waals surface area contributed by atoms with Gasteiger partial charge in [0, 0.05) is 31.0 Å². The molecule has 2 heterocycles. The average molecular weight is 495 g/mol. The van der Waals surface area contributed by atoms with E-state index in [2.05, 4.69) is 4.72 Å². The highest BCUT2D eigenvalue weighted by molar-refractivity contribution is 7.91. The zero-order valence-corrected chi connectivity index (χ0v) is 20.8. The molecule has 0 saturated heterocycles. The van der Waals surface area contributed by atoms with E-state index >= 15 is 0 Å². The number of sulfonamides is 1. The van der Waals surface area contributed by atoms with Gasteiger partial charge in [-0.05, 0) is 37.3 Å². The molecule has 2 aromatic rings. The van der Waals surface area contributed by atoms with Crippen LogP contribution in [0.4, 0.5) is 0 Å². The molecule has 180 valence electrons. The summed E-state index contributed by atoms with van der Waals surface area (Å²) in [6.07, 6.45) is 2.39. The highest BCUT2D eigenvalue weighted by Gasteiger charge is 2.35. The smallest absolute Gasteiger partial charge is 0.340 e. The number of nitrogens with zero attached hydrogens (tertiary/aromatic N) is 1. The Morgan fingerprint density at radius 1 is 1.21 bits per heavy atom. The van der Waals surface area contributed by atoms with Crippen molar-refractivity contribution in [3.8, 4) is 0 Å². The molecule has 8 nitrogen and oxygen atoms in total. The maximum atomic E-state index is 13.0. The normalized spacial score (nSPS) is 14.6. The number of carbonyl (C=O) groups excluding carboxylic acids is 2. The molecular formula is C23H30N2O6S2. The molecule has 1 aromatic heterocycles. The first-order valence-corrected chi connectivity index (χ1v) is 13.1. The number of hydrogen-bond acceptors (Lipinski definition) is 7. The standard InChI is InChI=1S/C23H30N2O6S2/c1-16(15-30-2)24-33(28,29)23-21(22(27)31-3)18-12-13-25(14-19(18)32-23)20(26)11-7-10-17-8-5-4-6-9-17/h4-6,8-9,16,24H,7,10-15H2,1-3H3/t16-/m1/s1. The molecule has 0 saturated carbocycles. The van der Waals surface area contributed by atoms with Crippen LogP contribution in [0, 0.1) is 0 Å². The summed E-state index contributed by atoms with van der Waals surface area (Å²) in [4.78, 5) is 27.7. The van der Waals surface area contributed by atoms with E-state index in [0.717, 1.165) is 24.2 Å². The Balaban J connectivity index is 1.75. The lowest BCUT2D eigenvalue weighted by Crippen LogP contribution is -2.36. The van der Waals surface area contributed by atoms with Gasteiger partial charge in [-0.1, -0.05) is 30.3 Å². The van der Waals surface area contributed by atoms with Crippen molar-refractivity contribution >= 4 is 33.2 Å². The third kappa shape index (κ3) is 6.20. The SMILES string of the molecule is COC[C@@H](C)NS(=O)(=O)c1sc2c(c1C(=O)OC)CCN(C(=O)CCCc1ccccc1)C2. The molecular weight excluding hydrogens is 464 g/mol. The van der Waals surface area contributed by atoms with Gasteiger partial charge in [0.25, 0.3) is 10.0 Å². The molecule has 1 aromatic carbocycles. The molecule has 0 spiro atoms. The molecule has 33 heavy (non-hydrogen) atoms. The van der Waals surface area contributed by atoms with Crippen molar-refractivity contribution in [1.82, 2.24) is 9.62 Å². The van der Waals surface area contributed by atoms with Crippen LogP contribution in [0.1, 0.15) is 46.1 Å². The topological polar surface area (TPSA) is 102 Å². The number of amides is 1. The minimum atomic E-state index is -3.96. The van der Waals surface area contributed by atoms with Crippen LogP contribution >= 0.6 is 11.3 Å². The van der Waals surface area contributed by atoms with Gasteiger partial charge in [-0.3, -0.25) is 4.79 Å². The monoisotopic (exact) mass is 494 g/mol. The average Bonchev–Trinajstić information content (AvgIpc) is 3.19. The first kappa shape index (κ1) is 25.4. The molecule has 1 aliphatic heterocycles. The van der Waals surface area contributed by atoms with E-state index in [0.29, 0.717) is 29.8 Å². The van der Waals surface area contributed by atoms with Gasteiger partial charge < -0.3 is 14.4 Å². The Kier molecular flexibility index (Phi) is 8.63. The summed E-state index contributed by atoms with van der Waals surface area (Å²) >= 11 is 1.03. The number of nitrogens with one attached hydrogen (secondary N) is 1. The van der Waals surface area contributed by atoms with E-state index in [1.54, 1.807) is 11.8 Å². The van der Waals surface area contributed by atoms with Gasteiger partial charge in [0.2, 0.25) is 5.91 Å². The Morgan fingerprint density at radius 2 is 1.94 bits per heavy atom. The van der Waals surface area contributed by atoms with Crippen molar-refractivity contribution in [3.05, 3.63) is 51.9 Å². The number of ether oxygens (including phenoxy) is 2. The van der Waals surface area contributed by atoms with Crippen LogP contribution in [0.15, 0.2) is 34.5 Å². The van der Waals surface area contributed by atoms with E-state index in [1.807, 2.05) is 30.3 Å². The summed E-state index contributed by atoms with van der Waals surface area (Å²) < 4.78 is 38.4. The van der Waals surface area contributed by atoms with Crippen molar-refractivity contribution in [2.75, 3.05) is 27.4 Å². The predicted octanol–water partition coefficient (Wildman–Crippen LogP) is 2.76. The fourth-order valence-corrected chi connectivity index (χ4v) is 7.08. The van der Waals surface area contributed by atoms with E-state index < -0.39 is 22.0 Å². The van der Waals surface area contributed by atoms with Crippen molar-refractivity contribution < 1.29 is 27.5 Å². The molecule has 1 atom stereocenters. The van der Waals surface area contributed by atoms with Crippen molar-refractivity contribution in [2.45, 2.75) is 49.4 Å². The number of esters is 1. The second-order valence-electron chi connectivity index (χ2n) is 8.04. The maximum absolute atomic E-state index is 13.0. The van der Waals surface area contributed by atoms with E-state index in [1.165, 1.54) is 19.8 Å². The van der Waals surface area contributed by atoms with Crippen LogP contribution in [0.25, 0.3) is 0 Å². The third-order valence-corrected chi connectivity index (χ3v) is 8.81. The third-order valence-electron chi connectivity index (χ3n) is 5.48. The van der Waals surface area contributed by atoms with Crippen LogP contribution in [0.2, 0.25) is 0 Å². The highest BCUT2D eigenvalue weighted by atomic mass is 32.2. The quantitative estimate of drug-likeness (QED) is 0.510. The van der Waals surface area contributed by atoms with Crippen molar-refractivity contribution in [2.24, 2.45) is 0 Å². The maximum Gasteiger partial charge on any atom is 0.340 e. The number of aryl methyl sites for hydroxylation is 1. The van der Waals surface area contributed by atoms with Crippen LogP contribution in [0.3, 0.4) is 0 Å². The number of thiophene rings is 1. The molecule has 0 bridgehead atoms. The molecule has 0 aliphatic carbocycles. The van der Waals surface area contributed by atoms with Crippen LogP contribution in [0.5, 0.6) is 0 Å².